The molecule has 0 heterocycles. The Labute approximate surface area is 173 Å². The smallest absolute Gasteiger partial charge is 0.0886 e. The summed E-state index contributed by atoms with van der Waals surface area (Å²) >= 11 is 0. The Kier molecular flexibility index (Phi) is 15.6. The second-order valence-corrected chi connectivity index (χ2v) is 10.1. The molecular formula is C26H54N+. The zero-order valence-corrected chi connectivity index (χ0v) is 19.6. The van der Waals surface area contributed by atoms with Crippen LogP contribution < -0.4 is 0 Å². The van der Waals surface area contributed by atoms with Crippen LogP contribution >= 0.6 is 0 Å². The molecular weight excluding hydrogens is 326 g/mol. The van der Waals surface area contributed by atoms with Crippen molar-refractivity contribution in [2.24, 2.45) is 0 Å². The van der Waals surface area contributed by atoms with Crippen molar-refractivity contribution < 1.29 is 4.48 Å². The minimum atomic E-state index is 0.954. The van der Waals surface area contributed by atoms with Gasteiger partial charge in [-0.25, -0.2) is 0 Å². The van der Waals surface area contributed by atoms with Crippen LogP contribution in [0.2, 0.25) is 0 Å². The maximum Gasteiger partial charge on any atom is 0.0886 e. The minimum Gasteiger partial charge on any atom is -0.326 e. The molecule has 0 aromatic heterocycles. The van der Waals surface area contributed by atoms with E-state index in [1.165, 1.54) is 146 Å². The Hall–Kier alpha value is -0.0400. The van der Waals surface area contributed by atoms with E-state index in [0.29, 0.717) is 0 Å². The predicted octanol–water partition coefficient (Wildman–Crippen LogP) is 8.66. The standard InChI is InChI=1S/C26H54N/c1-4-5-6-7-8-9-10-11-12-13-14-15-16-17-18-22-25-27(2,3)26-23-20-19-21-24-26/h26H,4-25H2,1-3H3/q+1. The van der Waals surface area contributed by atoms with Crippen LogP contribution in [0.25, 0.3) is 0 Å². The molecule has 1 fully saturated rings. The van der Waals surface area contributed by atoms with E-state index in [4.69, 9.17) is 0 Å². The lowest BCUT2D eigenvalue weighted by atomic mass is 9.93. The molecule has 0 radical (unpaired) electrons. The van der Waals surface area contributed by atoms with E-state index >= 15 is 0 Å². The highest BCUT2D eigenvalue weighted by Crippen LogP contribution is 2.26. The van der Waals surface area contributed by atoms with E-state index in [9.17, 15) is 0 Å². The van der Waals surface area contributed by atoms with Crippen LogP contribution in [0.5, 0.6) is 0 Å². The number of hydrogen-bond acceptors (Lipinski definition) is 0. The van der Waals surface area contributed by atoms with Crippen molar-refractivity contribution in [3.05, 3.63) is 0 Å². The molecule has 162 valence electrons. The Bertz CT molecular complexity index is 303. The molecule has 1 heteroatoms. The fourth-order valence-corrected chi connectivity index (χ4v) is 5.03. The number of nitrogens with zero attached hydrogens (tertiary/aromatic N) is 1. The normalized spacial score (nSPS) is 16.1. The van der Waals surface area contributed by atoms with Gasteiger partial charge in [-0.15, -0.1) is 0 Å². The zero-order chi connectivity index (χ0) is 19.6. The lowest BCUT2D eigenvalue weighted by Gasteiger charge is -2.40. The lowest BCUT2D eigenvalue weighted by Crippen LogP contribution is -2.50. The topological polar surface area (TPSA) is 0 Å². The van der Waals surface area contributed by atoms with Crippen LogP contribution in [0.3, 0.4) is 0 Å². The molecule has 0 aliphatic heterocycles. The molecule has 1 aliphatic rings. The number of hydrogen-bond donors (Lipinski definition) is 0. The number of rotatable bonds is 18. The first kappa shape index (κ1) is 25.0. The summed E-state index contributed by atoms with van der Waals surface area (Å²) in [5, 5.41) is 0. The van der Waals surface area contributed by atoms with Gasteiger partial charge in [-0.05, 0) is 38.5 Å². The van der Waals surface area contributed by atoms with Crippen molar-refractivity contribution >= 4 is 0 Å². The lowest BCUT2D eigenvalue weighted by molar-refractivity contribution is -0.916. The Balaban J connectivity index is 1.79. The van der Waals surface area contributed by atoms with Crippen LogP contribution in [0.4, 0.5) is 0 Å². The van der Waals surface area contributed by atoms with E-state index in [1.807, 2.05) is 0 Å². The van der Waals surface area contributed by atoms with Gasteiger partial charge in [-0.3, -0.25) is 0 Å². The predicted molar refractivity (Wildman–Crippen MR) is 123 cm³/mol. The summed E-state index contributed by atoms with van der Waals surface area (Å²) in [5.41, 5.74) is 0. The van der Waals surface area contributed by atoms with Gasteiger partial charge in [0.05, 0.1) is 26.7 Å². The molecule has 0 saturated heterocycles. The molecule has 0 atom stereocenters. The number of quaternary nitrogens is 1. The van der Waals surface area contributed by atoms with E-state index in [1.54, 1.807) is 0 Å². The fourth-order valence-electron chi connectivity index (χ4n) is 5.03. The summed E-state index contributed by atoms with van der Waals surface area (Å²) in [6.07, 6.45) is 30.9. The highest BCUT2D eigenvalue weighted by atomic mass is 15.3. The molecule has 27 heavy (non-hydrogen) atoms. The first-order valence-electron chi connectivity index (χ1n) is 13.0. The van der Waals surface area contributed by atoms with Gasteiger partial charge in [0.15, 0.2) is 0 Å². The van der Waals surface area contributed by atoms with E-state index in [-0.39, 0.29) is 0 Å². The van der Waals surface area contributed by atoms with Crippen LogP contribution in [0, 0.1) is 0 Å². The Morgan fingerprint density at radius 2 is 0.889 bits per heavy atom. The van der Waals surface area contributed by atoms with Crippen LogP contribution in [-0.2, 0) is 0 Å². The van der Waals surface area contributed by atoms with Gasteiger partial charge in [0.2, 0.25) is 0 Å². The van der Waals surface area contributed by atoms with Gasteiger partial charge in [0.1, 0.15) is 0 Å². The third-order valence-electron chi connectivity index (χ3n) is 7.15. The SMILES string of the molecule is CCCCCCCCCCCCCCCCCC[N+](C)(C)C1CCCCC1. The molecule has 0 N–H and O–H groups in total. The van der Waals surface area contributed by atoms with Crippen molar-refractivity contribution in [1.82, 2.24) is 0 Å². The maximum atomic E-state index is 2.49. The Morgan fingerprint density at radius 3 is 1.30 bits per heavy atom. The third kappa shape index (κ3) is 13.7. The molecule has 0 spiro atoms. The molecule has 1 rings (SSSR count). The first-order chi connectivity index (χ1) is 13.2. The van der Waals surface area contributed by atoms with Gasteiger partial charge in [0.25, 0.3) is 0 Å². The highest BCUT2D eigenvalue weighted by Gasteiger charge is 2.28. The molecule has 0 aromatic carbocycles. The molecule has 0 unspecified atom stereocenters. The summed E-state index contributed by atoms with van der Waals surface area (Å²) < 4.78 is 1.29. The van der Waals surface area contributed by atoms with Crippen LogP contribution in [0.1, 0.15) is 142 Å². The summed E-state index contributed by atoms with van der Waals surface area (Å²) in [5.74, 6) is 0. The average Bonchev–Trinajstić information content (AvgIpc) is 2.68. The molecule has 1 nitrogen and oxygen atoms in total. The Morgan fingerprint density at radius 1 is 0.519 bits per heavy atom. The second-order valence-electron chi connectivity index (χ2n) is 10.1. The largest absolute Gasteiger partial charge is 0.326 e. The van der Waals surface area contributed by atoms with Gasteiger partial charge in [-0.1, -0.05) is 103 Å². The molecule has 1 aliphatic carbocycles. The van der Waals surface area contributed by atoms with Crippen molar-refractivity contribution in [3.8, 4) is 0 Å². The summed E-state index contributed by atoms with van der Waals surface area (Å²) in [6, 6.07) is 0.954. The minimum absolute atomic E-state index is 0.954. The fraction of sp³-hybridized carbons (Fsp3) is 1.00. The van der Waals surface area contributed by atoms with E-state index in [0.717, 1.165) is 6.04 Å². The quantitative estimate of drug-likeness (QED) is 0.165. The second kappa shape index (κ2) is 16.9. The number of unbranched alkanes of at least 4 members (excludes halogenated alkanes) is 15. The van der Waals surface area contributed by atoms with E-state index in [2.05, 4.69) is 21.0 Å². The van der Waals surface area contributed by atoms with Gasteiger partial charge >= 0.3 is 0 Å². The van der Waals surface area contributed by atoms with Crippen LogP contribution in [-0.4, -0.2) is 31.2 Å². The van der Waals surface area contributed by atoms with Gasteiger partial charge < -0.3 is 4.48 Å². The van der Waals surface area contributed by atoms with Gasteiger partial charge in [-0.2, -0.15) is 0 Å². The molecule has 0 amide bonds. The first-order valence-corrected chi connectivity index (χ1v) is 13.0. The zero-order valence-electron chi connectivity index (χ0n) is 19.6. The third-order valence-corrected chi connectivity index (χ3v) is 7.15. The molecule has 0 aromatic rings. The summed E-state index contributed by atoms with van der Waals surface area (Å²) in [7, 11) is 4.97. The average molecular weight is 381 g/mol. The van der Waals surface area contributed by atoms with Crippen molar-refractivity contribution in [1.29, 1.82) is 0 Å². The highest BCUT2D eigenvalue weighted by molar-refractivity contribution is 4.66. The molecule has 1 saturated carbocycles. The monoisotopic (exact) mass is 380 g/mol. The van der Waals surface area contributed by atoms with Crippen molar-refractivity contribution in [2.45, 2.75) is 148 Å². The maximum absolute atomic E-state index is 2.49. The summed E-state index contributed by atoms with van der Waals surface area (Å²) in [4.78, 5) is 0. The van der Waals surface area contributed by atoms with E-state index < -0.39 is 0 Å². The van der Waals surface area contributed by atoms with Crippen molar-refractivity contribution in [3.63, 3.8) is 0 Å². The van der Waals surface area contributed by atoms with Crippen molar-refractivity contribution in [2.75, 3.05) is 20.6 Å². The van der Waals surface area contributed by atoms with Gasteiger partial charge in [0, 0.05) is 0 Å². The van der Waals surface area contributed by atoms with Crippen LogP contribution in [0.15, 0.2) is 0 Å². The summed E-state index contributed by atoms with van der Waals surface area (Å²) in [6.45, 7) is 3.71. The molecule has 0 bridgehead atoms.